The summed E-state index contributed by atoms with van der Waals surface area (Å²) in [4.78, 5) is 40.6. The van der Waals surface area contributed by atoms with Gasteiger partial charge in [0.25, 0.3) is 5.56 Å². The van der Waals surface area contributed by atoms with Crippen molar-refractivity contribution in [2.24, 2.45) is 0 Å². The summed E-state index contributed by atoms with van der Waals surface area (Å²) < 4.78 is 9.34. The van der Waals surface area contributed by atoms with Crippen LogP contribution < -0.4 is 5.56 Å². The van der Waals surface area contributed by atoms with Crippen molar-refractivity contribution in [3.63, 3.8) is 0 Å². The quantitative estimate of drug-likeness (QED) is 0.608. The summed E-state index contributed by atoms with van der Waals surface area (Å²) in [6.45, 7) is 0.378. The first-order valence-electron chi connectivity index (χ1n) is 5.59. The molecule has 1 aliphatic heterocycles. The van der Waals surface area contributed by atoms with Gasteiger partial charge in [-0.15, -0.1) is 0 Å². The average molecular weight is 284 g/mol. The fourth-order valence-corrected chi connectivity index (χ4v) is 2.55. The van der Waals surface area contributed by atoms with E-state index in [4.69, 9.17) is 4.74 Å². The van der Waals surface area contributed by atoms with Crippen LogP contribution >= 0.6 is 11.8 Å². The van der Waals surface area contributed by atoms with Gasteiger partial charge in [0.1, 0.15) is 5.25 Å². The third-order valence-electron chi connectivity index (χ3n) is 2.47. The number of ether oxygens (including phenoxy) is 2. The molecule has 19 heavy (non-hydrogen) atoms. The van der Waals surface area contributed by atoms with Gasteiger partial charge in [-0.1, -0.05) is 11.8 Å². The van der Waals surface area contributed by atoms with Crippen LogP contribution in [0.25, 0.3) is 0 Å². The minimum atomic E-state index is -0.477. The van der Waals surface area contributed by atoms with Gasteiger partial charge in [0.05, 0.1) is 25.8 Å². The van der Waals surface area contributed by atoms with E-state index in [0.29, 0.717) is 23.9 Å². The van der Waals surface area contributed by atoms with Crippen molar-refractivity contribution in [3.8, 4) is 0 Å². The van der Waals surface area contributed by atoms with Gasteiger partial charge in [0.15, 0.2) is 5.16 Å². The van der Waals surface area contributed by atoms with Crippen LogP contribution in [0.4, 0.5) is 0 Å². The number of carbonyl (C=O) groups excluding carboxylic acids is 2. The number of thioether (sulfide) groups is 1. The molecule has 0 amide bonds. The molecule has 1 atom stereocenters. The Morgan fingerprint density at radius 2 is 2.42 bits per heavy atom. The highest BCUT2D eigenvalue weighted by molar-refractivity contribution is 8.00. The molecule has 1 aromatic heterocycles. The van der Waals surface area contributed by atoms with Crippen molar-refractivity contribution in [1.82, 2.24) is 9.97 Å². The van der Waals surface area contributed by atoms with Crippen molar-refractivity contribution in [2.45, 2.75) is 23.2 Å². The predicted molar refractivity (Wildman–Crippen MR) is 65.8 cm³/mol. The molecule has 2 rings (SSSR count). The van der Waals surface area contributed by atoms with Crippen LogP contribution in [0.1, 0.15) is 12.1 Å². The molecule has 102 valence electrons. The number of hydrogen-bond donors (Lipinski definition) is 1. The van der Waals surface area contributed by atoms with Crippen LogP contribution in [0.2, 0.25) is 0 Å². The highest BCUT2D eigenvalue weighted by Crippen LogP contribution is 2.26. The number of H-pyrrole nitrogens is 1. The Balaban J connectivity index is 2.14. The third-order valence-corrected chi connectivity index (χ3v) is 3.60. The summed E-state index contributed by atoms with van der Waals surface area (Å²) in [6.07, 6.45) is 0.498. The molecule has 0 unspecified atom stereocenters. The van der Waals surface area contributed by atoms with E-state index in [2.05, 4.69) is 14.7 Å². The predicted octanol–water partition coefficient (Wildman–Crippen LogP) is -0.107. The number of nitrogens with zero attached hydrogens (tertiary/aromatic N) is 1. The Kier molecular flexibility index (Phi) is 4.20. The molecule has 1 fully saturated rings. The highest BCUT2D eigenvalue weighted by Gasteiger charge is 2.28. The van der Waals surface area contributed by atoms with E-state index in [1.165, 1.54) is 13.2 Å². The topological polar surface area (TPSA) is 98.4 Å². The Morgan fingerprint density at radius 1 is 1.63 bits per heavy atom. The average Bonchev–Trinajstić information content (AvgIpc) is 2.74. The fraction of sp³-hybridized carbons (Fsp3) is 0.455. The minimum Gasteiger partial charge on any atom is -0.469 e. The zero-order valence-electron chi connectivity index (χ0n) is 10.2. The Labute approximate surface area is 112 Å². The maximum absolute atomic E-state index is 11.5. The van der Waals surface area contributed by atoms with Crippen LogP contribution in [0, 0.1) is 0 Å². The number of hydrogen-bond acceptors (Lipinski definition) is 7. The van der Waals surface area contributed by atoms with E-state index in [9.17, 15) is 14.4 Å². The van der Waals surface area contributed by atoms with Crippen LogP contribution in [0.5, 0.6) is 0 Å². The normalized spacial score (nSPS) is 18.2. The molecule has 0 bridgehead atoms. The van der Waals surface area contributed by atoms with Crippen molar-refractivity contribution in [3.05, 3.63) is 22.1 Å². The lowest BCUT2D eigenvalue weighted by molar-refractivity contribution is -0.140. The molecule has 7 nitrogen and oxygen atoms in total. The number of rotatable bonds is 4. The number of aromatic nitrogens is 2. The van der Waals surface area contributed by atoms with Gasteiger partial charge in [0.2, 0.25) is 0 Å². The largest absolute Gasteiger partial charge is 0.469 e. The van der Waals surface area contributed by atoms with Gasteiger partial charge < -0.3 is 14.5 Å². The summed E-state index contributed by atoms with van der Waals surface area (Å²) in [5.74, 6) is -0.791. The standard InChI is InChI=1S/C11H12N2O5S/c1-17-9(15)5-6-4-8(14)13-11(12-6)19-7-2-3-18-10(7)16/h4,7H,2-3,5H2,1H3,(H,12,13,14)/t7-/m0/s1. The number of nitrogens with one attached hydrogen (secondary N) is 1. The van der Waals surface area contributed by atoms with Gasteiger partial charge in [-0.25, -0.2) is 4.98 Å². The lowest BCUT2D eigenvalue weighted by atomic mass is 10.3. The Bertz CT molecular complexity index is 556. The first-order valence-corrected chi connectivity index (χ1v) is 6.47. The number of aromatic amines is 1. The van der Waals surface area contributed by atoms with Gasteiger partial charge >= 0.3 is 11.9 Å². The lowest BCUT2D eigenvalue weighted by Gasteiger charge is -2.05. The number of methoxy groups -OCH3 is 1. The van der Waals surface area contributed by atoms with Crippen molar-refractivity contribution >= 4 is 23.7 Å². The van der Waals surface area contributed by atoms with Gasteiger partial charge in [0, 0.05) is 12.5 Å². The molecule has 1 aliphatic rings. The number of carbonyl (C=O) groups is 2. The first kappa shape index (κ1) is 13.6. The van der Waals surface area contributed by atoms with Crippen molar-refractivity contribution < 1.29 is 19.1 Å². The molecule has 1 N–H and O–H groups in total. The van der Waals surface area contributed by atoms with Crippen LogP contribution in [0.15, 0.2) is 16.0 Å². The summed E-state index contributed by atoms with van der Waals surface area (Å²) in [5, 5.41) is -0.0632. The van der Waals surface area contributed by atoms with Crippen molar-refractivity contribution in [1.29, 1.82) is 0 Å². The highest BCUT2D eigenvalue weighted by atomic mass is 32.2. The third kappa shape index (κ3) is 3.57. The maximum atomic E-state index is 11.5. The molecule has 0 aromatic carbocycles. The summed E-state index contributed by atoms with van der Waals surface area (Å²) in [6, 6.07) is 1.23. The molecule has 0 aliphatic carbocycles. The van der Waals surface area contributed by atoms with E-state index in [-0.39, 0.29) is 23.2 Å². The monoisotopic (exact) mass is 284 g/mol. The molecule has 0 saturated carbocycles. The van der Waals surface area contributed by atoms with E-state index in [0.717, 1.165) is 11.8 Å². The van der Waals surface area contributed by atoms with Gasteiger partial charge in [-0.05, 0) is 0 Å². The van der Waals surface area contributed by atoms with Crippen LogP contribution in [0.3, 0.4) is 0 Å². The smallest absolute Gasteiger partial charge is 0.319 e. The second-order valence-corrected chi connectivity index (χ2v) is 5.05. The summed E-state index contributed by atoms with van der Waals surface area (Å²) in [7, 11) is 1.26. The molecular formula is C11H12N2O5S. The number of esters is 2. The second kappa shape index (κ2) is 5.87. The molecule has 8 heteroatoms. The van der Waals surface area contributed by atoms with E-state index >= 15 is 0 Å². The molecule has 0 radical (unpaired) electrons. The molecule has 0 spiro atoms. The molecule has 1 saturated heterocycles. The minimum absolute atomic E-state index is 0.0803. The molecular weight excluding hydrogens is 272 g/mol. The molecule has 1 aromatic rings. The molecule has 2 heterocycles. The van der Waals surface area contributed by atoms with Gasteiger partial charge in [-0.2, -0.15) is 0 Å². The number of cyclic esters (lactones) is 1. The first-order chi connectivity index (χ1) is 9.08. The summed E-state index contributed by atoms with van der Waals surface area (Å²) >= 11 is 1.13. The lowest BCUT2D eigenvalue weighted by Crippen LogP contribution is -2.16. The SMILES string of the molecule is COC(=O)Cc1cc(=O)[nH]c(S[C@H]2CCOC2=O)n1. The van der Waals surface area contributed by atoms with Crippen LogP contribution in [-0.4, -0.2) is 40.9 Å². The van der Waals surface area contributed by atoms with Gasteiger partial charge in [-0.3, -0.25) is 14.4 Å². The van der Waals surface area contributed by atoms with E-state index < -0.39 is 5.97 Å². The second-order valence-electron chi connectivity index (χ2n) is 3.86. The zero-order chi connectivity index (χ0) is 13.8. The van der Waals surface area contributed by atoms with Crippen LogP contribution in [-0.2, 0) is 25.5 Å². The maximum Gasteiger partial charge on any atom is 0.319 e. The summed E-state index contributed by atoms with van der Waals surface area (Å²) in [5.41, 5.74) is -0.0627. The van der Waals surface area contributed by atoms with E-state index in [1.807, 2.05) is 0 Å². The van der Waals surface area contributed by atoms with Crippen molar-refractivity contribution in [2.75, 3.05) is 13.7 Å². The fourth-order valence-electron chi connectivity index (χ4n) is 1.57. The Hall–Kier alpha value is -1.83. The Morgan fingerprint density at radius 3 is 3.05 bits per heavy atom. The zero-order valence-corrected chi connectivity index (χ0v) is 11.0. The van der Waals surface area contributed by atoms with E-state index in [1.54, 1.807) is 0 Å².